The fourth-order valence-electron chi connectivity index (χ4n) is 1.35. The minimum atomic E-state index is 0.0532. The van der Waals surface area contributed by atoms with Crippen LogP contribution in [0, 0.1) is 0 Å². The number of halogens is 1. The summed E-state index contributed by atoms with van der Waals surface area (Å²) in [6.45, 7) is 0. The number of hydrogen-bond acceptors (Lipinski definition) is 2. The third-order valence-corrected chi connectivity index (χ3v) is 2.78. The number of hydrogen-bond donors (Lipinski definition) is 0. The summed E-state index contributed by atoms with van der Waals surface area (Å²) in [7, 11) is 0. The first kappa shape index (κ1) is 10.2. The van der Waals surface area contributed by atoms with E-state index in [0.29, 0.717) is 17.7 Å². The van der Waals surface area contributed by atoms with Gasteiger partial charge in [0.05, 0.1) is 12.7 Å². The zero-order valence-corrected chi connectivity index (χ0v) is 9.53. The number of rotatable bonds is 3. The lowest BCUT2D eigenvalue weighted by molar-refractivity contribution is 0.0986. The van der Waals surface area contributed by atoms with E-state index in [1.807, 2.05) is 18.2 Å². The van der Waals surface area contributed by atoms with Crippen LogP contribution in [-0.2, 0) is 6.42 Å². The van der Waals surface area contributed by atoms with E-state index in [-0.39, 0.29) is 5.78 Å². The monoisotopic (exact) mass is 264 g/mol. The molecule has 0 aliphatic heterocycles. The van der Waals surface area contributed by atoms with Gasteiger partial charge in [-0.2, -0.15) is 0 Å². The van der Waals surface area contributed by atoms with Crippen molar-refractivity contribution >= 4 is 21.7 Å². The van der Waals surface area contributed by atoms with Crippen LogP contribution in [0.1, 0.15) is 16.1 Å². The van der Waals surface area contributed by atoms with Gasteiger partial charge in [0.15, 0.2) is 5.78 Å². The van der Waals surface area contributed by atoms with Crippen molar-refractivity contribution in [2.24, 2.45) is 0 Å². The Morgan fingerprint density at radius 2 is 2.00 bits per heavy atom. The smallest absolute Gasteiger partial charge is 0.171 e. The van der Waals surface area contributed by atoms with Crippen LogP contribution < -0.4 is 0 Å². The number of furan rings is 1. The molecular weight excluding hydrogens is 256 g/mol. The third kappa shape index (κ3) is 2.36. The number of carbonyl (C=O) groups excluding carboxylic acids is 1. The molecule has 0 saturated carbocycles. The van der Waals surface area contributed by atoms with Gasteiger partial charge < -0.3 is 4.42 Å². The van der Waals surface area contributed by atoms with Gasteiger partial charge in [-0.05, 0) is 18.2 Å². The summed E-state index contributed by atoms with van der Waals surface area (Å²) in [4.78, 5) is 11.8. The van der Waals surface area contributed by atoms with Crippen LogP contribution in [0.4, 0.5) is 0 Å². The van der Waals surface area contributed by atoms with Gasteiger partial charge in [-0.25, -0.2) is 0 Å². The van der Waals surface area contributed by atoms with Crippen molar-refractivity contribution in [2.45, 2.75) is 6.42 Å². The van der Waals surface area contributed by atoms with Crippen LogP contribution >= 0.6 is 15.9 Å². The SMILES string of the molecule is O=C(Cc1ccco1)c1ccccc1Br. The van der Waals surface area contributed by atoms with Gasteiger partial charge in [0.1, 0.15) is 5.76 Å². The van der Waals surface area contributed by atoms with Crippen molar-refractivity contribution in [3.63, 3.8) is 0 Å². The van der Waals surface area contributed by atoms with Gasteiger partial charge in [-0.15, -0.1) is 0 Å². The maximum absolute atomic E-state index is 11.8. The molecule has 2 nitrogen and oxygen atoms in total. The summed E-state index contributed by atoms with van der Waals surface area (Å²) >= 11 is 3.35. The van der Waals surface area contributed by atoms with Gasteiger partial charge in [-0.1, -0.05) is 34.1 Å². The van der Waals surface area contributed by atoms with E-state index >= 15 is 0 Å². The zero-order chi connectivity index (χ0) is 10.7. The van der Waals surface area contributed by atoms with Crippen LogP contribution in [-0.4, -0.2) is 5.78 Å². The van der Waals surface area contributed by atoms with Crippen molar-refractivity contribution in [3.05, 3.63) is 58.5 Å². The molecule has 0 aliphatic carbocycles. The van der Waals surface area contributed by atoms with Gasteiger partial charge in [0.2, 0.25) is 0 Å². The molecule has 0 amide bonds. The molecule has 0 unspecified atom stereocenters. The minimum Gasteiger partial charge on any atom is -0.469 e. The maximum atomic E-state index is 11.8. The zero-order valence-electron chi connectivity index (χ0n) is 7.94. The van der Waals surface area contributed by atoms with E-state index < -0.39 is 0 Å². The van der Waals surface area contributed by atoms with E-state index in [1.54, 1.807) is 24.5 Å². The summed E-state index contributed by atoms with van der Waals surface area (Å²) in [5.41, 5.74) is 0.689. The van der Waals surface area contributed by atoms with Crippen molar-refractivity contribution in [3.8, 4) is 0 Å². The fourth-order valence-corrected chi connectivity index (χ4v) is 1.86. The van der Waals surface area contributed by atoms with Crippen LogP contribution in [0.3, 0.4) is 0 Å². The average molecular weight is 265 g/mol. The molecule has 1 aromatic carbocycles. The van der Waals surface area contributed by atoms with Gasteiger partial charge in [-0.3, -0.25) is 4.79 Å². The molecule has 0 N–H and O–H groups in total. The largest absolute Gasteiger partial charge is 0.469 e. The van der Waals surface area contributed by atoms with Crippen molar-refractivity contribution < 1.29 is 9.21 Å². The Kier molecular flexibility index (Phi) is 3.02. The minimum absolute atomic E-state index is 0.0532. The molecule has 1 aromatic heterocycles. The molecular formula is C12H9BrO2. The Hall–Kier alpha value is -1.35. The number of Topliss-reactive ketones (excluding diaryl/α,β-unsaturated/α-hetero) is 1. The standard InChI is InChI=1S/C12H9BrO2/c13-11-6-2-1-5-10(11)12(14)8-9-4-3-7-15-9/h1-7H,8H2. The van der Waals surface area contributed by atoms with Gasteiger partial charge >= 0.3 is 0 Å². The molecule has 0 spiro atoms. The summed E-state index contributed by atoms with van der Waals surface area (Å²) in [5, 5.41) is 0. The average Bonchev–Trinajstić information content (AvgIpc) is 2.71. The van der Waals surface area contributed by atoms with Crippen LogP contribution in [0.2, 0.25) is 0 Å². The highest BCUT2D eigenvalue weighted by molar-refractivity contribution is 9.10. The maximum Gasteiger partial charge on any atom is 0.171 e. The first-order chi connectivity index (χ1) is 7.27. The topological polar surface area (TPSA) is 30.2 Å². The Morgan fingerprint density at radius 3 is 2.67 bits per heavy atom. The second-order valence-electron chi connectivity index (χ2n) is 3.16. The molecule has 0 bridgehead atoms. The molecule has 1 heterocycles. The number of ketones is 1. The molecule has 15 heavy (non-hydrogen) atoms. The molecule has 3 heteroatoms. The van der Waals surface area contributed by atoms with E-state index in [0.717, 1.165) is 4.47 Å². The molecule has 0 fully saturated rings. The van der Waals surface area contributed by atoms with E-state index in [1.165, 1.54) is 0 Å². The lowest BCUT2D eigenvalue weighted by Crippen LogP contribution is -2.03. The Morgan fingerprint density at radius 1 is 1.20 bits per heavy atom. The fraction of sp³-hybridized carbons (Fsp3) is 0.0833. The summed E-state index contributed by atoms with van der Waals surface area (Å²) in [5.74, 6) is 0.744. The molecule has 0 aliphatic rings. The highest BCUT2D eigenvalue weighted by Crippen LogP contribution is 2.18. The normalized spacial score (nSPS) is 10.2. The van der Waals surface area contributed by atoms with Gasteiger partial charge in [0, 0.05) is 10.0 Å². The predicted octanol–water partition coefficient (Wildman–Crippen LogP) is 3.47. The van der Waals surface area contributed by atoms with Crippen molar-refractivity contribution in [1.82, 2.24) is 0 Å². The molecule has 2 rings (SSSR count). The second kappa shape index (κ2) is 4.45. The Balaban J connectivity index is 2.19. The summed E-state index contributed by atoms with van der Waals surface area (Å²) in [6, 6.07) is 11.0. The molecule has 0 radical (unpaired) electrons. The quantitative estimate of drug-likeness (QED) is 0.795. The molecule has 2 aromatic rings. The first-order valence-corrected chi connectivity index (χ1v) is 5.37. The van der Waals surface area contributed by atoms with E-state index in [9.17, 15) is 4.79 Å². The van der Waals surface area contributed by atoms with Crippen LogP contribution in [0.5, 0.6) is 0 Å². The highest BCUT2D eigenvalue weighted by atomic mass is 79.9. The summed E-state index contributed by atoms with van der Waals surface area (Å²) < 4.78 is 5.95. The Bertz CT molecular complexity index is 460. The number of benzene rings is 1. The lowest BCUT2D eigenvalue weighted by atomic mass is 10.1. The van der Waals surface area contributed by atoms with E-state index in [2.05, 4.69) is 15.9 Å². The number of carbonyl (C=O) groups is 1. The Labute approximate surface area is 96.0 Å². The first-order valence-electron chi connectivity index (χ1n) is 4.57. The van der Waals surface area contributed by atoms with Gasteiger partial charge in [0.25, 0.3) is 0 Å². The highest BCUT2D eigenvalue weighted by Gasteiger charge is 2.11. The van der Waals surface area contributed by atoms with Crippen LogP contribution in [0.25, 0.3) is 0 Å². The van der Waals surface area contributed by atoms with Crippen LogP contribution in [0.15, 0.2) is 51.6 Å². The molecule has 0 saturated heterocycles. The molecule has 76 valence electrons. The summed E-state index contributed by atoms with van der Waals surface area (Å²) in [6.07, 6.45) is 1.87. The molecule has 0 atom stereocenters. The van der Waals surface area contributed by atoms with E-state index in [4.69, 9.17) is 4.42 Å². The second-order valence-corrected chi connectivity index (χ2v) is 4.01. The van der Waals surface area contributed by atoms with Crippen molar-refractivity contribution in [2.75, 3.05) is 0 Å². The van der Waals surface area contributed by atoms with Crippen molar-refractivity contribution in [1.29, 1.82) is 0 Å². The predicted molar refractivity (Wildman–Crippen MR) is 60.9 cm³/mol. The lowest BCUT2D eigenvalue weighted by Gasteiger charge is -2.01. The third-order valence-electron chi connectivity index (χ3n) is 2.09.